The van der Waals surface area contributed by atoms with Crippen molar-refractivity contribution in [2.75, 3.05) is 13.7 Å². The fourth-order valence-corrected chi connectivity index (χ4v) is 3.09. The standard InChI is InChI=1S/C15H29NO/c1-4-6-12-14(16-5-2)15(17-3)13-10-8-7-9-11-13/h4,13-16H,1,5-12H2,2-3H3. The van der Waals surface area contributed by atoms with E-state index in [4.69, 9.17) is 4.74 Å². The van der Waals surface area contributed by atoms with Crippen LogP contribution in [0.2, 0.25) is 0 Å². The van der Waals surface area contributed by atoms with Gasteiger partial charge >= 0.3 is 0 Å². The van der Waals surface area contributed by atoms with Crippen molar-refractivity contribution in [3.63, 3.8) is 0 Å². The van der Waals surface area contributed by atoms with E-state index >= 15 is 0 Å². The molecule has 0 saturated heterocycles. The van der Waals surface area contributed by atoms with Crippen LogP contribution in [0, 0.1) is 5.92 Å². The third-order valence-corrected chi connectivity index (χ3v) is 3.93. The molecule has 0 bridgehead atoms. The van der Waals surface area contributed by atoms with Crippen LogP contribution in [0.3, 0.4) is 0 Å². The molecule has 0 amide bonds. The van der Waals surface area contributed by atoms with Crippen molar-refractivity contribution in [3.8, 4) is 0 Å². The van der Waals surface area contributed by atoms with E-state index in [0.717, 1.165) is 25.3 Å². The van der Waals surface area contributed by atoms with Gasteiger partial charge in [-0.25, -0.2) is 0 Å². The summed E-state index contributed by atoms with van der Waals surface area (Å²) in [6, 6.07) is 0.492. The molecule has 2 nitrogen and oxygen atoms in total. The van der Waals surface area contributed by atoms with Gasteiger partial charge in [-0.05, 0) is 38.1 Å². The number of nitrogens with one attached hydrogen (secondary N) is 1. The maximum absolute atomic E-state index is 5.80. The van der Waals surface area contributed by atoms with Gasteiger partial charge in [0.15, 0.2) is 0 Å². The third-order valence-electron chi connectivity index (χ3n) is 3.93. The zero-order chi connectivity index (χ0) is 12.5. The summed E-state index contributed by atoms with van der Waals surface area (Å²) in [5.41, 5.74) is 0. The van der Waals surface area contributed by atoms with Crippen LogP contribution in [0.25, 0.3) is 0 Å². The monoisotopic (exact) mass is 239 g/mol. The summed E-state index contributed by atoms with van der Waals surface area (Å²) in [5.74, 6) is 0.752. The van der Waals surface area contributed by atoms with Crippen LogP contribution in [0.4, 0.5) is 0 Å². The Morgan fingerprint density at radius 3 is 2.59 bits per heavy atom. The lowest BCUT2D eigenvalue weighted by Crippen LogP contribution is -2.45. The van der Waals surface area contributed by atoms with E-state index in [2.05, 4.69) is 18.8 Å². The van der Waals surface area contributed by atoms with Gasteiger partial charge in [-0.3, -0.25) is 0 Å². The number of allylic oxidation sites excluding steroid dienone is 1. The molecule has 0 aromatic heterocycles. The Morgan fingerprint density at radius 1 is 1.35 bits per heavy atom. The van der Waals surface area contributed by atoms with Gasteiger partial charge in [-0.1, -0.05) is 32.3 Å². The Hall–Kier alpha value is -0.340. The second kappa shape index (κ2) is 8.71. The van der Waals surface area contributed by atoms with Gasteiger partial charge in [0.1, 0.15) is 0 Å². The summed E-state index contributed by atoms with van der Waals surface area (Å²) >= 11 is 0. The average molecular weight is 239 g/mol. The van der Waals surface area contributed by atoms with E-state index in [0.29, 0.717) is 12.1 Å². The molecule has 1 saturated carbocycles. The topological polar surface area (TPSA) is 21.3 Å². The highest BCUT2D eigenvalue weighted by Gasteiger charge is 2.29. The Morgan fingerprint density at radius 2 is 2.06 bits per heavy atom. The summed E-state index contributed by atoms with van der Waals surface area (Å²) in [4.78, 5) is 0. The van der Waals surface area contributed by atoms with E-state index in [1.54, 1.807) is 0 Å². The summed E-state index contributed by atoms with van der Waals surface area (Å²) < 4.78 is 5.80. The lowest BCUT2D eigenvalue weighted by molar-refractivity contribution is 0.00675. The Kier molecular flexibility index (Phi) is 7.54. The highest BCUT2D eigenvalue weighted by atomic mass is 16.5. The normalized spacial score (nSPS) is 21.1. The van der Waals surface area contributed by atoms with Crippen molar-refractivity contribution in [1.29, 1.82) is 0 Å². The van der Waals surface area contributed by atoms with Gasteiger partial charge in [0.25, 0.3) is 0 Å². The van der Waals surface area contributed by atoms with E-state index < -0.39 is 0 Å². The predicted octanol–water partition coefficient (Wildman–Crippen LogP) is 3.53. The van der Waals surface area contributed by atoms with E-state index in [1.165, 1.54) is 32.1 Å². The van der Waals surface area contributed by atoms with Crippen LogP contribution in [0.15, 0.2) is 12.7 Å². The highest BCUT2D eigenvalue weighted by molar-refractivity contribution is 4.86. The lowest BCUT2D eigenvalue weighted by atomic mass is 9.81. The fourth-order valence-electron chi connectivity index (χ4n) is 3.09. The van der Waals surface area contributed by atoms with Crippen molar-refractivity contribution in [3.05, 3.63) is 12.7 Å². The zero-order valence-electron chi connectivity index (χ0n) is 11.6. The largest absolute Gasteiger partial charge is 0.380 e. The highest BCUT2D eigenvalue weighted by Crippen LogP contribution is 2.30. The second-order valence-corrected chi connectivity index (χ2v) is 5.13. The molecule has 0 aliphatic heterocycles. The molecule has 1 aliphatic carbocycles. The van der Waals surface area contributed by atoms with E-state index in [9.17, 15) is 0 Å². The Labute approximate surface area is 107 Å². The molecular formula is C15H29NO. The van der Waals surface area contributed by atoms with Crippen LogP contribution in [0.1, 0.15) is 51.9 Å². The molecule has 17 heavy (non-hydrogen) atoms. The Balaban J connectivity index is 2.54. The molecule has 1 N–H and O–H groups in total. The molecule has 0 aromatic carbocycles. The first-order valence-corrected chi connectivity index (χ1v) is 7.20. The number of hydrogen-bond acceptors (Lipinski definition) is 2. The third kappa shape index (κ3) is 4.81. The SMILES string of the molecule is C=CCCC(NCC)C(OC)C1CCCCC1. The number of rotatable bonds is 8. The molecule has 0 spiro atoms. The van der Waals surface area contributed by atoms with Crippen LogP contribution in [0.5, 0.6) is 0 Å². The maximum atomic E-state index is 5.80. The molecule has 1 rings (SSSR count). The van der Waals surface area contributed by atoms with Crippen molar-refractivity contribution in [2.45, 2.75) is 64.0 Å². The number of methoxy groups -OCH3 is 1. The van der Waals surface area contributed by atoms with Crippen LogP contribution in [-0.4, -0.2) is 25.8 Å². The van der Waals surface area contributed by atoms with Gasteiger partial charge < -0.3 is 10.1 Å². The molecule has 1 aliphatic rings. The first-order chi connectivity index (χ1) is 8.33. The van der Waals surface area contributed by atoms with E-state index in [-0.39, 0.29) is 0 Å². The van der Waals surface area contributed by atoms with Gasteiger partial charge in [-0.15, -0.1) is 6.58 Å². The molecule has 1 fully saturated rings. The number of hydrogen-bond donors (Lipinski definition) is 1. The van der Waals surface area contributed by atoms with Gasteiger partial charge in [0, 0.05) is 13.2 Å². The molecule has 0 radical (unpaired) electrons. The molecular weight excluding hydrogens is 210 g/mol. The summed E-state index contributed by atoms with van der Waals surface area (Å²) in [7, 11) is 1.87. The van der Waals surface area contributed by atoms with Gasteiger partial charge in [-0.2, -0.15) is 0 Å². The Bertz CT molecular complexity index is 199. The van der Waals surface area contributed by atoms with Gasteiger partial charge in [0.2, 0.25) is 0 Å². The van der Waals surface area contributed by atoms with Crippen molar-refractivity contribution in [1.82, 2.24) is 5.32 Å². The zero-order valence-corrected chi connectivity index (χ0v) is 11.6. The fraction of sp³-hybridized carbons (Fsp3) is 0.867. The second-order valence-electron chi connectivity index (χ2n) is 5.13. The van der Waals surface area contributed by atoms with E-state index in [1.807, 2.05) is 13.2 Å². The summed E-state index contributed by atoms with van der Waals surface area (Å²) in [6.45, 7) is 7.02. The van der Waals surface area contributed by atoms with Crippen molar-refractivity contribution in [2.24, 2.45) is 5.92 Å². The number of likely N-dealkylation sites (N-methyl/N-ethyl adjacent to an activating group) is 1. The van der Waals surface area contributed by atoms with Crippen molar-refractivity contribution < 1.29 is 4.74 Å². The van der Waals surface area contributed by atoms with Gasteiger partial charge in [0.05, 0.1) is 6.10 Å². The average Bonchev–Trinajstić information content (AvgIpc) is 2.38. The lowest BCUT2D eigenvalue weighted by Gasteiger charge is -2.35. The van der Waals surface area contributed by atoms with Crippen molar-refractivity contribution >= 4 is 0 Å². The maximum Gasteiger partial charge on any atom is 0.0752 e. The molecule has 0 heterocycles. The molecule has 2 heteroatoms. The van der Waals surface area contributed by atoms with Crippen LogP contribution < -0.4 is 5.32 Å². The quantitative estimate of drug-likeness (QED) is 0.654. The molecule has 2 unspecified atom stereocenters. The minimum absolute atomic E-state index is 0.384. The summed E-state index contributed by atoms with van der Waals surface area (Å²) in [6.07, 6.45) is 11.5. The molecule has 0 aromatic rings. The minimum atomic E-state index is 0.384. The molecule has 2 atom stereocenters. The van der Waals surface area contributed by atoms with Crippen LogP contribution >= 0.6 is 0 Å². The first kappa shape index (κ1) is 14.7. The molecule has 100 valence electrons. The first-order valence-electron chi connectivity index (χ1n) is 7.20. The van der Waals surface area contributed by atoms with Crippen LogP contribution in [-0.2, 0) is 4.74 Å². The number of ether oxygens (including phenoxy) is 1. The summed E-state index contributed by atoms with van der Waals surface area (Å²) in [5, 5.41) is 3.59. The minimum Gasteiger partial charge on any atom is -0.380 e. The smallest absolute Gasteiger partial charge is 0.0752 e. The predicted molar refractivity (Wildman–Crippen MR) is 74.3 cm³/mol.